The SMILES string of the molecule is Cn1c(COc2ccccc2Cl)nnc1SCC(=O)Nc1nccs1. The number of anilines is 1. The molecule has 1 aromatic carbocycles. The first kappa shape index (κ1) is 17.7. The number of ether oxygens (including phenoxy) is 1. The number of carbonyl (C=O) groups excluding carboxylic acids is 1. The van der Waals surface area contributed by atoms with Crippen LogP contribution in [-0.2, 0) is 18.4 Å². The summed E-state index contributed by atoms with van der Waals surface area (Å²) in [6.07, 6.45) is 1.64. The molecule has 0 aliphatic heterocycles. The highest BCUT2D eigenvalue weighted by Crippen LogP contribution is 2.24. The van der Waals surface area contributed by atoms with Crippen LogP contribution in [0.4, 0.5) is 5.13 Å². The van der Waals surface area contributed by atoms with E-state index in [-0.39, 0.29) is 18.3 Å². The number of hydrogen-bond acceptors (Lipinski definition) is 7. The lowest BCUT2D eigenvalue weighted by atomic mass is 10.3. The van der Waals surface area contributed by atoms with Crippen molar-refractivity contribution in [1.29, 1.82) is 0 Å². The average Bonchev–Trinajstić information content (AvgIpc) is 3.23. The smallest absolute Gasteiger partial charge is 0.236 e. The van der Waals surface area contributed by atoms with Gasteiger partial charge >= 0.3 is 0 Å². The Kier molecular flexibility index (Phi) is 5.90. The van der Waals surface area contributed by atoms with Gasteiger partial charge < -0.3 is 14.6 Å². The molecule has 2 heterocycles. The van der Waals surface area contributed by atoms with Crippen LogP contribution in [0.5, 0.6) is 5.75 Å². The molecular formula is C15H14ClN5O2S2. The van der Waals surface area contributed by atoms with Crippen LogP contribution in [0.1, 0.15) is 5.82 Å². The molecule has 130 valence electrons. The second kappa shape index (κ2) is 8.32. The number of aromatic nitrogens is 4. The van der Waals surface area contributed by atoms with E-state index in [4.69, 9.17) is 16.3 Å². The van der Waals surface area contributed by atoms with Gasteiger partial charge in [0, 0.05) is 18.6 Å². The number of benzene rings is 1. The number of carbonyl (C=O) groups is 1. The lowest BCUT2D eigenvalue weighted by molar-refractivity contribution is -0.113. The summed E-state index contributed by atoms with van der Waals surface area (Å²) in [7, 11) is 1.83. The van der Waals surface area contributed by atoms with Gasteiger partial charge in [-0.3, -0.25) is 4.79 Å². The standard InChI is InChI=1S/C15H14ClN5O2S2/c1-21-12(8-23-11-5-3-2-4-10(11)16)19-20-15(21)25-9-13(22)18-14-17-6-7-24-14/h2-7H,8-9H2,1H3,(H,17,18,22). The molecule has 25 heavy (non-hydrogen) atoms. The molecule has 0 saturated carbocycles. The second-order valence-electron chi connectivity index (χ2n) is 4.85. The van der Waals surface area contributed by atoms with Crippen LogP contribution >= 0.6 is 34.7 Å². The van der Waals surface area contributed by atoms with Gasteiger partial charge in [-0.25, -0.2) is 4.98 Å². The first-order valence-corrected chi connectivity index (χ1v) is 9.45. The summed E-state index contributed by atoms with van der Waals surface area (Å²) < 4.78 is 7.45. The molecule has 3 rings (SSSR count). The summed E-state index contributed by atoms with van der Waals surface area (Å²) >= 11 is 8.73. The maximum absolute atomic E-state index is 11.9. The van der Waals surface area contributed by atoms with Crippen molar-refractivity contribution >= 4 is 45.7 Å². The van der Waals surface area contributed by atoms with Gasteiger partial charge in [0.1, 0.15) is 12.4 Å². The van der Waals surface area contributed by atoms with E-state index < -0.39 is 0 Å². The molecule has 0 bridgehead atoms. The maximum atomic E-state index is 11.9. The molecule has 1 amide bonds. The van der Waals surface area contributed by atoms with Gasteiger partial charge in [0.25, 0.3) is 0 Å². The fraction of sp³-hybridized carbons (Fsp3) is 0.200. The number of halogens is 1. The summed E-state index contributed by atoms with van der Waals surface area (Å²) in [4.78, 5) is 15.9. The quantitative estimate of drug-likeness (QED) is 0.618. The van der Waals surface area contributed by atoms with Crippen LogP contribution in [0.25, 0.3) is 0 Å². The van der Waals surface area contributed by atoms with Crippen molar-refractivity contribution in [2.75, 3.05) is 11.1 Å². The number of thiazole rings is 1. The van der Waals surface area contributed by atoms with Gasteiger partial charge in [-0.05, 0) is 12.1 Å². The highest BCUT2D eigenvalue weighted by atomic mass is 35.5. The zero-order valence-electron chi connectivity index (χ0n) is 13.2. The predicted molar refractivity (Wildman–Crippen MR) is 98.3 cm³/mol. The van der Waals surface area contributed by atoms with Crippen molar-refractivity contribution < 1.29 is 9.53 Å². The number of amides is 1. The van der Waals surface area contributed by atoms with E-state index in [1.165, 1.54) is 23.1 Å². The van der Waals surface area contributed by atoms with E-state index in [0.717, 1.165) is 0 Å². The first-order valence-electron chi connectivity index (χ1n) is 7.21. The molecule has 0 radical (unpaired) electrons. The normalized spacial score (nSPS) is 10.6. The first-order chi connectivity index (χ1) is 12.1. The molecule has 0 aliphatic rings. The number of nitrogens with zero attached hydrogens (tertiary/aromatic N) is 4. The number of hydrogen-bond donors (Lipinski definition) is 1. The Morgan fingerprint density at radius 2 is 2.24 bits per heavy atom. The summed E-state index contributed by atoms with van der Waals surface area (Å²) in [6.45, 7) is 0.235. The number of para-hydroxylation sites is 1. The monoisotopic (exact) mass is 395 g/mol. The molecule has 0 spiro atoms. The Morgan fingerprint density at radius 1 is 1.40 bits per heavy atom. The number of rotatable bonds is 7. The van der Waals surface area contributed by atoms with E-state index >= 15 is 0 Å². The third-order valence-corrected chi connectivity index (χ3v) is 5.15. The summed E-state index contributed by atoms with van der Waals surface area (Å²) in [5, 5.41) is 14.5. The molecule has 0 atom stereocenters. The fourth-order valence-corrected chi connectivity index (χ4v) is 3.34. The zero-order chi connectivity index (χ0) is 17.6. The molecular weight excluding hydrogens is 382 g/mol. The molecule has 0 unspecified atom stereocenters. The van der Waals surface area contributed by atoms with Crippen molar-refractivity contribution in [3.8, 4) is 5.75 Å². The number of thioether (sulfide) groups is 1. The Hall–Kier alpha value is -2.10. The van der Waals surface area contributed by atoms with Crippen molar-refractivity contribution in [2.24, 2.45) is 7.05 Å². The highest BCUT2D eigenvalue weighted by Gasteiger charge is 2.13. The van der Waals surface area contributed by atoms with Gasteiger partial charge in [0.2, 0.25) is 5.91 Å². The van der Waals surface area contributed by atoms with Gasteiger partial charge in [-0.1, -0.05) is 35.5 Å². The minimum Gasteiger partial charge on any atom is -0.484 e. The third-order valence-electron chi connectivity index (χ3n) is 3.13. The zero-order valence-corrected chi connectivity index (χ0v) is 15.6. The second-order valence-corrected chi connectivity index (χ2v) is 7.10. The van der Waals surface area contributed by atoms with Gasteiger partial charge in [-0.2, -0.15) is 0 Å². The van der Waals surface area contributed by atoms with E-state index in [9.17, 15) is 4.79 Å². The van der Waals surface area contributed by atoms with Crippen LogP contribution in [0.3, 0.4) is 0 Å². The molecule has 0 fully saturated rings. The molecule has 10 heteroatoms. The van der Waals surface area contributed by atoms with Gasteiger partial charge in [-0.15, -0.1) is 21.5 Å². The van der Waals surface area contributed by atoms with Crippen LogP contribution in [-0.4, -0.2) is 31.4 Å². The van der Waals surface area contributed by atoms with Crippen molar-refractivity contribution in [3.05, 3.63) is 46.7 Å². The van der Waals surface area contributed by atoms with E-state index in [2.05, 4.69) is 20.5 Å². The van der Waals surface area contributed by atoms with Crippen molar-refractivity contribution in [1.82, 2.24) is 19.7 Å². The topological polar surface area (TPSA) is 81.9 Å². The summed E-state index contributed by atoms with van der Waals surface area (Å²) in [5.74, 6) is 1.31. The largest absolute Gasteiger partial charge is 0.484 e. The number of nitrogens with one attached hydrogen (secondary N) is 1. The van der Waals surface area contributed by atoms with Crippen molar-refractivity contribution in [2.45, 2.75) is 11.8 Å². The predicted octanol–water partition coefficient (Wildman–Crippen LogP) is 3.23. The Labute approximate surface area is 157 Å². The van der Waals surface area contributed by atoms with Gasteiger partial charge in [0.15, 0.2) is 16.1 Å². The van der Waals surface area contributed by atoms with Gasteiger partial charge in [0.05, 0.1) is 10.8 Å². The molecule has 7 nitrogen and oxygen atoms in total. The van der Waals surface area contributed by atoms with E-state index in [1.54, 1.807) is 28.3 Å². The molecule has 1 N–H and O–H groups in total. The van der Waals surface area contributed by atoms with E-state index in [1.807, 2.05) is 19.2 Å². The molecule has 3 aromatic rings. The Morgan fingerprint density at radius 3 is 3.00 bits per heavy atom. The van der Waals surface area contributed by atoms with Crippen LogP contribution < -0.4 is 10.1 Å². The molecule has 2 aromatic heterocycles. The summed E-state index contributed by atoms with van der Waals surface area (Å²) in [6, 6.07) is 7.23. The summed E-state index contributed by atoms with van der Waals surface area (Å²) in [5.41, 5.74) is 0. The lowest BCUT2D eigenvalue weighted by Gasteiger charge is -2.07. The Bertz CT molecular complexity index is 853. The van der Waals surface area contributed by atoms with Crippen LogP contribution in [0, 0.1) is 0 Å². The molecule has 0 aliphatic carbocycles. The minimum absolute atomic E-state index is 0.142. The Balaban J connectivity index is 1.54. The van der Waals surface area contributed by atoms with Crippen LogP contribution in [0.2, 0.25) is 5.02 Å². The molecule has 0 saturated heterocycles. The third kappa shape index (κ3) is 4.71. The lowest BCUT2D eigenvalue weighted by Crippen LogP contribution is -2.14. The van der Waals surface area contributed by atoms with E-state index in [0.29, 0.717) is 26.9 Å². The minimum atomic E-state index is -0.142. The van der Waals surface area contributed by atoms with Crippen molar-refractivity contribution in [3.63, 3.8) is 0 Å². The maximum Gasteiger partial charge on any atom is 0.236 e. The highest BCUT2D eigenvalue weighted by molar-refractivity contribution is 7.99. The average molecular weight is 396 g/mol. The van der Waals surface area contributed by atoms with Crippen LogP contribution in [0.15, 0.2) is 41.0 Å². The fourth-order valence-electron chi connectivity index (χ4n) is 1.87.